The van der Waals surface area contributed by atoms with Crippen LogP contribution in [0.3, 0.4) is 0 Å². The molecular formula is C19H24N4O2. The van der Waals surface area contributed by atoms with Gasteiger partial charge in [-0.2, -0.15) is 0 Å². The van der Waals surface area contributed by atoms with Crippen molar-refractivity contribution < 1.29 is 9.90 Å². The number of hydrogen-bond acceptors (Lipinski definition) is 4. The van der Waals surface area contributed by atoms with Gasteiger partial charge in [0.1, 0.15) is 5.65 Å². The Morgan fingerprint density at radius 1 is 1.36 bits per heavy atom. The van der Waals surface area contributed by atoms with Gasteiger partial charge in [-0.25, -0.2) is 4.98 Å². The van der Waals surface area contributed by atoms with E-state index in [1.807, 2.05) is 23.9 Å². The molecule has 2 atom stereocenters. The second-order valence-corrected chi connectivity index (χ2v) is 8.44. The fourth-order valence-corrected chi connectivity index (χ4v) is 5.94. The first-order valence-corrected chi connectivity index (χ1v) is 9.16. The predicted molar refractivity (Wildman–Crippen MR) is 95.1 cm³/mol. The van der Waals surface area contributed by atoms with Gasteiger partial charge in [0.25, 0.3) is 5.91 Å². The molecule has 2 unspecified atom stereocenters. The van der Waals surface area contributed by atoms with Crippen LogP contribution in [0.4, 0.5) is 5.69 Å². The quantitative estimate of drug-likeness (QED) is 0.797. The maximum Gasteiger partial charge on any atom is 0.252 e. The molecule has 4 bridgehead atoms. The number of primary amides is 1. The standard InChI is InChI=1S/C19H24N4O2/c1-23-3-2-13-16(14(17(20)24)9-21-18(13)23)22-15-11-4-10-5-12(15)8-19(25,6-10)7-11/h2-3,9-12,15,25H,4-8H2,1H3,(H2,20,24)(H,21,22). The van der Waals surface area contributed by atoms with Crippen LogP contribution < -0.4 is 11.1 Å². The molecule has 0 radical (unpaired) electrons. The van der Waals surface area contributed by atoms with Crippen LogP contribution in [0.5, 0.6) is 0 Å². The zero-order valence-electron chi connectivity index (χ0n) is 14.4. The number of anilines is 1. The normalized spacial score (nSPS) is 36.1. The zero-order valence-corrected chi connectivity index (χ0v) is 14.4. The smallest absolute Gasteiger partial charge is 0.252 e. The Labute approximate surface area is 146 Å². The van der Waals surface area contributed by atoms with Crippen LogP contribution in [0, 0.1) is 17.8 Å². The molecule has 2 aromatic heterocycles. The molecule has 2 aromatic rings. The molecule has 6 rings (SSSR count). The van der Waals surface area contributed by atoms with E-state index in [0.29, 0.717) is 29.4 Å². The van der Waals surface area contributed by atoms with Crippen LogP contribution in [0.1, 0.15) is 42.5 Å². The van der Waals surface area contributed by atoms with Crippen molar-refractivity contribution >= 4 is 22.6 Å². The number of aromatic nitrogens is 2. The second-order valence-electron chi connectivity index (χ2n) is 8.44. The van der Waals surface area contributed by atoms with E-state index in [-0.39, 0.29) is 0 Å². The fourth-order valence-electron chi connectivity index (χ4n) is 5.94. The minimum Gasteiger partial charge on any atom is -0.390 e. The van der Waals surface area contributed by atoms with Crippen molar-refractivity contribution in [3.63, 3.8) is 0 Å². The molecule has 1 amide bonds. The topological polar surface area (TPSA) is 93.2 Å². The summed E-state index contributed by atoms with van der Waals surface area (Å²) < 4.78 is 1.95. The van der Waals surface area contributed by atoms with Gasteiger partial charge in [-0.05, 0) is 55.9 Å². The van der Waals surface area contributed by atoms with E-state index < -0.39 is 11.5 Å². The summed E-state index contributed by atoms with van der Waals surface area (Å²) in [7, 11) is 1.95. The van der Waals surface area contributed by atoms with Crippen LogP contribution in [-0.2, 0) is 7.05 Å². The number of hydrogen-bond donors (Lipinski definition) is 3. The van der Waals surface area contributed by atoms with Crippen molar-refractivity contribution in [2.24, 2.45) is 30.5 Å². The summed E-state index contributed by atoms with van der Waals surface area (Å²) in [5, 5.41) is 15.4. The van der Waals surface area contributed by atoms with Gasteiger partial charge in [0.2, 0.25) is 0 Å². The van der Waals surface area contributed by atoms with Crippen LogP contribution in [-0.4, -0.2) is 32.2 Å². The molecule has 6 heteroatoms. The number of amides is 1. The van der Waals surface area contributed by atoms with Crippen LogP contribution in [0.2, 0.25) is 0 Å². The largest absolute Gasteiger partial charge is 0.390 e. The third-order valence-corrected chi connectivity index (χ3v) is 6.71. The molecule has 0 spiro atoms. The maximum absolute atomic E-state index is 12.0. The van der Waals surface area contributed by atoms with E-state index in [1.165, 1.54) is 12.8 Å². The Morgan fingerprint density at radius 2 is 2.08 bits per heavy atom. The Balaban J connectivity index is 1.56. The molecular weight excluding hydrogens is 316 g/mol. The average molecular weight is 340 g/mol. The van der Waals surface area contributed by atoms with Crippen LogP contribution in [0.25, 0.3) is 11.0 Å². The Kier molecular flexibility index (Phi) is 3.02. The highest BCUT2D eigenvalue weighted by Gasteiger charge is 2.54. The van der Waals surface area contributed by atoms with Gasteiger partial charge in [-0.3, -0.25) is 4.79 Å². The van der Waals surface area contributed by atoms with E-state index in [1.54, 1.807) is 6.20 Å². The van der Waals surface area contributed by atoms with Gasteiger partial charge in [0, 0.05) is 30.9 Å². The number of nitrogens with two attached hydrogens (primary N) is 1. The summed E-state index contributed by atoms with van der Waals surface area (Å²) in [6.45, 7) is 0. The Morgan fingerprint density at radius 3 is 2.72 bits per heavy atom. The summed E-state index contributed by atoms with van der Waals surface area (Å²) in [4.78, 5) is 16.4. The molecule has 2 heterocycles. The van der Waals surface area contributed by atoms with Crippen molar-refractivity contribution in [2.75, 3.05) is 5.32 Å². The number of pyridine rings is 1. The van der Waals surface area contributed by atoms with Gasteiger partial charge in [-0.15, -0.1) is 0 Å². The molecule has 132 valence electrons. The summed E-state index contributed by atoms with van der Waals surface area (Å²) >= 11 is 0. The third-order valence-electron chi connectivity index (χ3n) is 6.71. The molecule has 4 fully saturated rings. The minimum absolute atomic E-state index is 0.292. The van der Waals surface area contributed by atoms with Gasteiger partial charge in [0.05, 0.1) is 16.9 Å². The lowest BCUT2D eigenvalue weighted by Crippen LogP contribution is -2.59. The molecule has 25 heavy (non-hydrogen) atoms. The second kappa shape index (κ2) is 4.97. The monoisotopic (exact) mass is 340 g/mol. The summed E-state index contributed by atoms with van der Waals surface area (Å²) in [6, 6.07) is 2.28. The number of aryl methyl sites for hydroxylation is 1. The van der Waals surface area contributed by atoms with E-state index in [4.69, 9.17) is 5.73 Å². The number of aliphatic hydroxyl groups is 1. The lowest BCUT2D eigenvalue weighted by Gasteiger charge is -2.58. The summed E-state index contributed by atoms with van der Waals surface area (Å²) in [5.41, 5.74) is 7.26. The van der Waals surface area contributed by atoms with Crippen molar-refractivity contribution in [3.8, 4) is 0 Å². The molecule has 0 aromatic carbocycles. The third kappa shape index (κ3) is 2.20. The summed E-state index contributed by atoms with van der Waals surface area (Å²) in [5.74, 6) is 1.13. The molecule has 0 aliphatic heterocycles. The number of nitrogens with one attached hydrogen (secondary N) is 1. The highest BCUT2D eigenvalue weighted by Crippen LogP contribution is 2.56. The van der Waals surface area contributed by atoms with E-state index in [0.717, 1.165) is 36.0 Å². The fraction of sp³-hybridized carbons (Fsp3) is 0.579. The highest BCUT2D eigenvalue weighted by molar-refractivity contribution is 6.06. The molecule has 4 saturated carbocycles. The molecule has 4 N–H and O–H groups in total. The SMILES string of the molecule is Cn1ccc2c(NC3C4CC5CC3CC(O)(C5)C4)c(C(N)=O)cnc21. The van der Waals surface area contributed by atoms with Crippen molar-refractivity contribution in [3.05, 3.63) is 24.0 Å². The van der Waals surface area contributed by atoms with Gasteiger partial charge in [-0.1, -0.05) is 0 Å². The number of rotatable bonds is 3. The maximum atomic E-state index is 12.0. The first-order chi connectivity index (χ1) is 11.9. The Hall–Kier alpha value is -2.08. The van der Waals surface area contributed by atoms with Crippen LogP contribution in [0.15, 0.2) is 18.5 Å². The molecule has 4 aliphatic rings. The lowest BCUT2D eigenvalue weighted by atomic mass is 9.52. The van der Waals surface area contributed by atoms with E-state index in [9.17, 15) is 9.90 Å². The van der Waals surface area contributed by atoms with Crippen molar-refractivity contribution in [2.45, 2.75) is 43.7 Å². The van der Waals surface area contributed by atoms with E-state index in [2.05, 4.69) is 10.3 Å². The minimum atomic E-state index is -0.457. The number of fused-ring (bicyclic) bond motifs is 1. The summed E-state index contributed by atoms with van der Waals surface area (Å²) in [6.07, 6.45) is 8.58. The first kappa shape index (κ1) is 15.2. The van der Waals surface area contributed by atoms with Crippen molar-refractivity contribution in [1.82, 2.24) is 9.55 Å². The lowest BCUT2D eigenvalue weighted by molar-refractivity contribution is -0.129. The average Bonchev–Trinajstić information content (AvgIpc) is 2.91. The van der Waals surface area contributed by atoms with E-state index >= 15 is 0 Å². The molecule has 6 nitrogen and oxygen atoms in total. The van der Waals surface area contributed by atoms with Gasteiger partial charge >= 0.3 is 0 Å². The first-order valence-electron chi connectivity index (χ1n) is 9.16. The number of nitrogens with zero attached hydrogens (tertiary/aromatic N) is 2. The number of carbonyl (C=O) groups excluding carboxylic acids is 1. The molecule has 4 aliphatic carbocycles. The van der Waals surface area contributed by atoms with Crippen molar-refractivity contribution in [1.29, 1.82) is 0 Å². The predicted octanol–water partition coefficient (Wildman–Crippen LogP) is 2.02. The van der Waals surface area contributed by atoms with Gasteiger partial charge < -0.3 is 20.7 Å². The van der Waals surface area contributed by atoms with Gasteiger partial charge in [0.15, 0.2) is 0 Å². The highest BCUT2D eigenvalue weighted by atomic mass is 16.3. The van der Waals surface area contributed by atoms with Crippen LogP contribution >= 0.6 is 0 Å². The number of carbonyl (C=O) groups is 1. The zero-order chi connectivity index (χ0) is 17.3. The molecule has 0 saturated heterocycles. The Bertz CT molecular complexity index is 858.